The monoisotopic (exact) mass is 428 g/mol. The van der Waals surface area contributed by atoms with Crippen LogP contribution in [0.4, 0.5) is 0 Å². The number of fused-ring (bicyclic) bond motifs is 1. The number of H-pyrrole nitrogens is 1. The Balaban J connectivity index is 1.77. The van der Waals surface area contributed by atoms with Gasteiger partial charge in [0.15, 0.2) is 5.16 Å². The van der Waals surface area contributed by atoms with Gasteiger partial charge in [-0.15, -0.1) is 0 Å². The SMILES string of the molecule is CC[C@@H](C)n1c(SCC(=O)N[C@H](C)c2cccc(OC)c2)nc2cc(C)[nH]c2c1=O. The van der Waals surface area contributed by atoms with Gasteiger partial charge in [0.2, 0.25) is 5.91 Å². The first-order valence-electron chi connectivity index (χ1n) is 10.0. The maximum absolute atomic E-state index is 13.0. The highest BCUT2D eigenvalue weighted by Crippen LogP contribution is 2.23. The average molecular weight is 429 g/mol. The van der Waals surface area contributed by atoms with Crippen molar-refractivity contribution in [2.75, 3.05) is 12.9 Å². The summed E-state index contributed by atoms with van der Waals surface area (Å²) >= 11 is 1.28. The van der Waals surface area contributed by atoms with Crippen molar-refractivity contribution in [3.63, 3.8) is 0 Å². The van der Waals surface area contributed by atoms with Crippen LogP contribution in [0.15, 0.2) is 40.3 Å². The second-order valence-corrected chi connectivity index (χ2v) is 8.34. The van der Waals surface area contributed by atoms with Gasteiger partial charge in [-0.2, -0.15) is 0 Å². The van der Waals surface area contributed by atoms with E-state index >= 15 is 0 Å². The lowest BCUT2D eigenvalue weighted by molar-refractivity contribution is -0.119. The standard InChI is InChI=1S/C22H28N4O3S/c1-6-14(3)26-21(28)20-18(10-13(2)23-20)25-22(26)30-12-19(27)24-15(4)16-8-7-9-17(11-16)29-5/h7-11,14-15,23H,6,12H2,1-5H3,(H,24,27)/t14-,15-/m1/s1. The first-order valence-corrected chi connectivity index (χ1v) is 11.0. The van der Waals surface area contributed by atoms with Gasteiger partial charge in [-0.1, -0.05) is 30.8 Å². The Kier molecular flexibility index (Phi) is 6.87. The van der Waals surface area contributed by atoms with Crippen molar-refractivity contribution < 1.29 is 9.53 Å². The first kappa shape index (κ1) is 22.0. The molecular weight excluding hydrogens is 400 g/mol. The Hall–Kier alpha value is -2.74. The van der Waals surface area contributed by atoms with Gasteiger partial charge in [0.1, 0.15) is 11.3 Å². The Morgan fingerprint density at radius 3 is 2.80 bits per heavy atom. The summed E-state index contributed by atoms with van der Waals surface area (Å²) < 4.78 is 6.93. The van der Waals surface area contributed by atoms with Crippen LogP contribution in [0.3, 0.4) is 0 Å². The average Bonchev–Trinajstić information content (AvgIpc) is 3.12. The smallest absolute Gasteiger partial charge is 0.278 e. The third kappa shape index (κ3) is 4.70. The van der Waals surface area contributed by atoms with Crippen molar-refractivity contribution in [2.24, 2.45) is 0 Å². The molecule has 2 aromatic heterocycles. The number of thioether (sulfide) groups is 1. The van der Waals surface area contributed by atoms with E-state index in [-0.39, 0.29) is 29.3 Å². The van der Waals surface area contributed by atoms with E-state index in [9.17, 15) is 9.59 Å². The lowest BCUT2D eigenvalue weighted by Crippen LogP contribution is -2.29. The molecule has 0 aliphatic heterocycles. The van der Waals surface area contributed by atoms with Gasteiger partial charge in [-0.25, -0.2) is 4.98 Å². The van der Waals surface area contributed by atoms with Gasteiger partial charge >= 0.3 is 0 Å². The lowest BCUT2D eigenvalue weighted by Gasteiger charge is -2.18. The molecule has 0 fully saturated rings. The minimum absolute atomic E-state index is 0.0146. The number of aryl methyl sites for hydroxylation is 1. The minimum atomic E-state index is -0.160. The Morgan fingerprint density at radius 1 is 1.33 bits per heavy atom. The molecule has 1 aromatic carbocycles. The van der Waals surface area contributed by atoms with E-state index in [4.69, 9.17) is 4.74 Å². The van der Waals surface area contributed by atoms with Crippen LogP contribution in [0.5, 0.6) is 5.75 Å². The molecule has 0 aliphatic carbocycles. The zero-order valence-electron chi connectivity index (χ0n) is 18.0. The molecule has 0 unspecified atom stereocenters. The molecule has 0 saturated carbocycles. The number of aromatic nitrogens is 3. The second-order valence-electron chi connectivity index (χ2n) is 7.39. The van der Waals surface area contributed by atoms with Crippen LogP contribution in [0, 0.1) is 6.92 Å². The molecule has 0 radical (unpaired) electrons. The van der Waals surface area contributed by atoms with Gasteiger partial charge < -0.3 is 15.0 Å². The number of benzene rings is 1. The Morgan fingerprint density at radius 2 is 2.10 bits per heavy atom. The Labute approximate surface area is 180 Å². The van der Waals surface area contributed by atoms with E-state index in [1.165, 1.54) is 11.8 Å². The van der Waals surface area contributed by atoms with E-state index in [0.717, 1.165) is 23.4 Å². The minimum Gasteiger partial charge on any atom is -0.497 e. The van der Waals surface area contributed by atoms with Crippen molar-refractivity contribution in [2.45, 2.75) is 51.4 Å². The number of amides is 1. The van der Waals surface area contributed by atoms with Crippen LogP contribution < -0.4 is 15.6 Å². The Bertz CT molecular complexity index is 1110. The predicted octanol–water partition coefficient (Wildman–Crippen LogP) is 3.98. The molecule has 3 aromatic rings. The van der Waals surface area contributed by atoms with Gasteiger partial charge in [-0.05, 0) is 51.0 Å². The summed E-state index contributed by atoms with van der Waals surface area (Å²) in [6, 6.07) is 9.30. The molecule has 2 atom stereocenters. The summed E-state index contributed by atoms with van der Waals surface area (Å²) in [5.41, 5.74) is 2.89. The van der Waals surface area contributed by atoms with Gasteiger partial charge in [0.05, 0.1) is 24.4 Å². The topological polar surface area (TPSA) is 89.0 Å². The van der Waals surface area contributed by atoms with Crippen LogP contribution >= 0.6 is 11.8 Å². The number of nitrogens with one attached hydrogen (secondary N) is 2. The van der Waals surface area contributed by atoms with Gasteiger partial charge in [-0.3, -0.25) is 14.2 Å². The zero-order valence-corrected chi connectivity index (χ0v) is 18.8. The van der Waals surface area contributed by atoms with Gasteiger partial charge in [0, 0.05) is 11.7 Å². The molecule has 7 nitrogen and oxygen atoms in total. The number of aromatic amines is 1. The second kappa shape index (κ2) is 9.38. The highest BCUT2D eigenvalue weighted by molar-refractivity contribution is 7.99. The van der Waals surface area contributed by atoms with Crippen molar-refractivity contribution in [3.8, 4) is 5.75 Å². The number of methoxy groups -OCH3 is 1. The fourth-order valence-corrected chi connectivity index (χ4v) is 4.18. The molecule has 1 amide bonds. The summed E-state index contributed by atoms with van der Waals surface area (Å²) in [5, 5.41) is 3.56. The van der Waals surface area contributed by atoms with E-state index in [1.807, 2.05) is 58.0 Å². The summed E-state index contributed by atoms with van der Waals surface area (Å²) in [6.07, 6.45) is 0.791. The van der Waals surface area contributed by atoms with Crippen LogP contribution in [0.1, 0.15) is 50.5 Å². The molecule has 2 heterocycles. The van der Waals surface area contributed by atoms with Crippen molar-refractivity contribution in [3.05, 3.63) is 51.9 Å². The summed E-state index contributed by atoms with van der Waals surface area (Å²) in [5.74, 6) is 0.803. The largest absolute Gasteiger partial charge is 0.497 e. The summed E-state index contributed by atoms with van der Waals surface area (Å²) in [4.78, 5) is 33.3. The highest BCUT2D eigenvalue weighted by Gasteiger charge is 2.18. The zero-order chi connectivity index (χ0) is 21.8. The number of rotatable bonds is 8. The van der Waals surface area contributed by atoms with E-state index < -0.39 is 0 Å². The van der Waals surface area contributed by atoms with Crippen LogP contribution in [-0.2, 0) is 4.79 Å². The maximum atomic E-state index is 13.0. The molecule has 2 N–H and O–H groups in total. The number of carbonyl (C=O) groups excluding carboxylic acids is 1. The van der Waals surface area contributed by atoms with Crippen molar-refractivity contribution in [1.29, 1.82) is 0 Å². The van der Waals surface area contributed by atoms with Crippen molar-refractivity contribution in [1.82, 2.24) is 19.9 Å². The quantitative estimate of drug-likeness (QED) is 0.418. The normalized spacial score (nSPS) is 13.2. The number of hydrogen-bond donors (Lipinski definition) is 2. The van der Waals surface area contributed by atoms with E-state index in [1.54, 1.807) is 11.7 Å². The number of carbonyl (C=O) groups is 1. The van der Waals surface area contributed by atoms with Crippen LogP contribution in [0.25, 0.3) is 11.0 Å². The number of ether oxygens (including phenoxy) is 1. The predicted molar refractivity (Wildman–Crippen MR) is 120 cm³/mol. The van der Waals surface area contributed by atoms with Crippen molar-refractivity contribution >= 4 is 28.7 Å². The molecular formula is C22H28N4O3S. The number of hydrogen-bond acceptors (Lipinski definition) is 5. The lowest BCUT2D eigenvalue weighted by atomic mass is 10.1. The highest BCUT2D eigenvalue weighted by atomic mass is 32.2. The maximum Gasteiger partial charge on any atom is 0.278 e. The van der Waals surface area contributed by atoms with Crippen LogP contribution in [-0.4, -0.2) is 33.3 Å². The molecule has 0 aliphatic rings. The molecule has 160 valence electrons. The molecule has 30 heavy (non-hydrogen) atoms. The fourth-order valence-electron chi connectivity index (χ4n) is 3.27. The van der Waals surface area contributed by atoms with Crippen LogP contribution in [0.2, 0.25) is 0 Å². The van der Waals surface area contributed by atoms with E-state index in [2.05, 4.69) is 15.3 Å². The summed E-state index contributed by atoms with van der Waals surface area (Å²) in [7, 11) is 1.62. The molecule has 0 bridgehead atoms. The number of nitrogens with zero attached hydrogens (tertiary/aromatic N) is 2. The third-order valence-corrected chi connectivity index (χ3v) is 6.07. The molecule has 0 saturated heterocycles. The van der Waals surface area contributed by atoms with Gasteiger partial charge in [0.25, 0.3) is 5.56 Å². The summed E-state index contributed by atoms with van der Waals surface area (Å²) in [6.45, 7) is 7.84. The molecule has 3 rings (SSSR count). The third-order valence-electron chi connectivity index (χ3n) is 5.12. The molecule has 8 heteroatoms. The first-order chi connectivity index (χ1) is 14.3. The van der Waals surface area contributed by atoms with E-state index in [0.29, 0.717) is 16.2 Å². The fraction of sp³-hybridized carbons (Fsp3) is 0.409. The molecule has 0 spiro atoms.